The normalized spacial score (nSPS) is 12.7. The van der Waals surface area contributed by atoms with Gasteiger partial charge in [-0.05, 0) is 32.4 Å². The van der Waals surface area contributed by atoms with E-state index in [4.69, 9.17) is 5.73 Å². The molecule has 0 aliphatic heterocycles. The smallest absolute Gasteiger partial charge is 0.245 e. The first-order valence-corrected chi connectivity index (χ1v) is 6.55. The number of nitrogens with zero attached hydrogens (tertiary/aromatic N) is 3. The Morgan fingerprint density at radius 3 is 2.80 bits per heavy atom. The van der Waals surface area contributed by atoms with Gasteiger partial charge in [0.05, 0.1) is 11.0 Å². The molecule has 6 heteroatoms. The molecule has 2 rings (SSSR count). The second-order valence-corrected chi connectivity index (χ2v) is 4.96. The maximum Gasteiger partial charge on any atom is 0.245 e. The van der Waals surface area contributed by atoms with E-state index in [-0.39, 0.29) is 17.7 Å². The minimum atomic E-state index is -0.477. The van der Waals surface area contributed by atoms with Gasteiger partial charge in [0.1, 0.15) is 11.9 Å². The maximum atomic E-state index is 13.6. The first-order valence-electron chi connectivity index (χ1n) is 6.55. The number of hydrogen-bond acceptors (Lipinski definition) is 3. The third-order valence-electron chi connectivity index (χ3n) is 3.59. The summed E-state index contributed by atoms with van der Waals surface area (Å²) in [6, 6.07) is 2.54. The van der Waals surface area contributed by atoms with Crippen molar-refractivity contribution in [1.82, 2.24) is 14.5 Å². The number of nitrogens with two attached hydrogens (primary N) is 1. The Balaban J connectivity index is 2.56. The molecule has 1 aromatic carbocycles. The van der Waals surface area contributed by atoms with Gasteiger partial charge in [-0.1, -0.05) is 0 Å². The van der Waals surface area contributed by atoms with Crippen LogP contribution >= 0.6 is 0 Å². The zero-order chi connectivity index (χ0) is 15.0. The Bertz CT molecular complexity index is 665. The summed E-state index contributed by atoms with van der Waals surface area (Å²) in [5.74, 6) is -0.164. The summed E-state index contributed by atoms with van der Waals surface area (Å²) >= 11 is 0. The van der Waals surface area contributed by atoms with Crippen molar-refractivity contribution < 1.29 is 9.18 Å². The first kappa shape index (κ1) is 14.3. The van der Waals surface area contributed by atoms with Crippen molar-refractivity contribution in [1.29, 1.82) is 0 Å². The number of rotatable bonds is 3. The van der Waals surface area contributed by atoms with Crippen LogP contribution in [0.25, 0.3) is 11.0 Å². The molecule has 0 aliphatic carbocycles. The van der Waals surface area contributed by atoms with Crippen LogP contribution in [-0.2, 0) is 4.79 Å². The fourth-order valence-electron chi connectivity index (χ4n) is 2.23. The zero-order valence-corrected chi connectivity index (χ0v) is 12.1. The number of likely N-dealkylation sites (N-methyl/N-ethyl adjacent to an activating group) is 1. The van der Waals surface area contributed by atoms with Crippen molar-refractivity contribution in [2.75, 3.05) is 19.3 Å². The molecule has 0 saturated carbocycles. The lowest BCUT2D eigenvalue weighted by molar-refractivity contribution is -0.132. The molecule has 1 atom stereocenters. The molecule has 0 spiro atoms. The van der Waals surface area contributed by atoms with E-state index >= 15 is 0 Å². The molecule has 1 heterocycles. The van der Waals surface area contributed by atoms with E-state index in [0.717, 1.165) is 0 Å². The number of anilines is 1. The summed E-state index contributed by atoms with van der Waals surface area (Å²) < 4.78 is 15.2. The molecule has 0 saturated heterocycles. The van der Waals surface area contributed by atoms with Gasteiger partial charge in [-0.3, -0.25) is 9.36 Å². The Morgan fingerprint density at radius 2 is 2.20 bits per heavy atom. The fraction of sp³-hybridized carbons (Fsp3) is 0.429. The number of hydrogen-bond donors (Lipinski definition) is 1. The number of carbonyl (C=O) groups excluding carboxylic acids is 1. The van der Waals surface area contributed by atoms with Crippen LogP contribution in [0.1, 0.15) is 25.5 Å². The van der Waals surface area contributed by atoms with Crippen LogP contribution in [0.3, 0.4) is 0 Å². The van der Waals surface area contributed by atoms with Gasteiger partial charge < -0.3 is 10.6 Å². The molecule has 0 bridgehead atoms. The van der Waals surface area contributed by atoms with Crippen LogP contribution in [0.15, 0.2) is 12.1 Å². The van der Waals surface area contributed by atoms with Gasteiger partial charge in [-0.2, -0.15) is 0 Å². The predicted octanol–water partition coefficient (Wildman–Crippen LogP) is 2.11. The lowest BCUT2D eigenvalue weighted by Gasteiger charge is -2.22. The summed E-state index contributed by atoms with van der Waals surface area (Å²) in [5.41, 5.74) is 7.53. The molecule has 20 heavy (non-hydrogen) atoms. The standard InChI is InChI=1S/C14H19FN4O/c1-5-18(4)13(20)9(3)19-12-6-8(2)10(15)7-11(12)17-14(19)16/h6-7,9H,5H2,1-4H3,(H2,16,17). The topological polar surface area (TPSA) is 64.2 Å². The fourth-order valence-corrected chi connectivity index (χ4v) is 2.23. The number of aromatic nitrogens is 2. The molecule has 5 nitrogen and oxygen atoms in total. The highest BCUT2D eigenvalue weighted by Crippen LogP contribution is 2.26. The van der Waals surface area contributed by atoms with E-state index < -0.39 is 6.04 Å². The molecule has 2 aromatic rings. The predicted molar refractivity (Wildman–Crippen MR) is 76.9 cm³/mol. The first-order chi connectivity index (χ1) is 9.36. The molecule has 1 unspecified atom stereocenters. The molecule has 0 fully saturated rings. The average Bonchev–Trinajstić information content (AvgIpc) is 2.72. The molecule has 2 N–H and O–H groups in total. The summed E-state index contributed by atoms with van der Waals surface area (Å²) in [4.78, 5) is 18.0. The third-order valence-corrected chi connectivity index (χ3v) is 3.59. The van der Waals surface area contributed by atoms with Crippen molar-refractivity contribution in [3.63, 3.8) is 0 Å². The highest BCUT2D eigenvalue weighted by molar-refractivity contribution is 5.85. The quantitative estimate of drug-likeness (QED) is 0.935. The van der Waals surface area contributed by atoms with E-state index in [2.05, 4.69) is 4.98 Å². The number of imidazole rings is 1. The minimum Gasteiger partial charge on any atom is -0.369 e. The lowest BCUT2D eigenvalue weighted by Crippen LogP contribution is -2.33. The average molecular weight is 278 g/mol. The van der Waals surface area contributed by atoms with Crippen molar-refractivity contribution >= 4 is 22.9 Å². The molecule has 0 radical (unpaired) electrons. The van der Waals surface area contributed by atoms with Crippen LogP contribution in [0, 0.1) is 12.7 Å². The van der Waals surface area contributed by atoms with Gasteiger partial charge in [0, 0.05) is 19.7 Å². The Kier molecular flexibility index (Phi) is 3.65. The highest BCUT2D eigenvalue weighted by Gasteiger charge is 2.23. The van der Waals surface area contributed by atoms with E-state index in [0.29, 0.717) is 23.1 Å². The number of fused-ring (bicyclic) bond motifs is 1. The number of halogens is 1. The molecule has 108 valence electrons. The number of nitrogen functional groups attached to an aromatic ring is 1. The Hall–Kier alpha value is -2.11. The van der Waals surface area contributed by atoms with Crippen molar-refractivity contribution in [2.45, 2.75) is 26.8 Å². The third kappa shape index (κ3) is 2.21. The number of carbonyl (C=O) groups is 1. The van der Waals surface area contributed by atoms with E-state index in [1.807, 2.05) is 6.92 Å². The van der Waals surface area contributed by atoms with E-state index in [1.165, 1.54) is 6.07 Å². The van der Waals surface area contributed by atoms with Gasteiger partial charge in [-0.25, -0.2) is 9.37 Å². The van der Waals surface area contributed by atoms with Crippen LogP contribution in [0.2, 0.25) is 0 Å². The monoisotopic (exact) mass is 278 g/mol. The second-order valence-electron chi connectivity index (χ2n) is 4.96. The lowest BCUT2D eigenvalue weighted by atomic mass is 10.2. The highest BCUT2D eigenvalue weighted by atomic mass is 19.1. The van der Waals surface area contributed by atoms with Gasteiger partial charge in [0.2, 0.25) is 11.9 Å². The van der Waals surface area contributed by atoms with Crippen LogP contribution in [0.5, 0.6) is 0 Å². The molecule has 0 aliphatic rings. The number of benzene rings is 1. The van der Waals surface area contributed by atoms with Gasteiger partial charge in [0.25, 0.3) is 0 Å². The minimum absolute atomic E-state index is 0.0551. The largest absolute Gasteiger partial charge is 0.369 e. The van der Waals surface area contributed by atoms with Crippen LogP contribution in [0.4, 0.5) is 10.3 Å². The second kappa shape index (κ2) is 5.11. The summed E-state index contributed by atoms with van der Waals surface area (Å²) in [7, 11) is 1.74. The Morgan fingerprint density at radius 1 is 1.55 bits per heavy atom. The number of aryl methyl sites for hydroxylation is 1. The molecular formula is C14H19FN4O. The van der Waals surface area contributed by atoms with Crippen molar-refractivity contribution in [3.8, 4) is 0 Å². The van der Waals surface area contributed by atoms with Crippen LogP contribution < -0.4 is 5.73 Å². The summed E-state index contributed by atoms with van der Waals surface area (Å²) in [6.07, 6.45) is 0. The van der Waals surface area contributed by atoms with E-state index in [1.54, 1.807) is 36.4 Å². The summed E-state index contributed by atoms with van der Waals surface area (Å²) in [5, 5.41) is 0. The van der Waals surface area contributed by atoms with Gasteiger partial charge in [0.15, 0.2) is 0 Å². The van der Waals surface area contributed by atoms with Gasteiger partial charge in [-0.15, -0.1) is 0 Å². The molecular weight excluding hydrogens is 259 g/mol. The van der Waals surface area contributed by atoms with Crippen molar-refractivity contribution in [3.05, 3.63) is 23.5 Å². The Labute approximate surface area is 117 Å². The van der Waals surface area contributed by atoms with Crippen molar-refractivity contribution in [2.24, 2.45) is 0 Å². The van der Waals surface area contributed by atoms with E-state index in [9.17, 15) is 9.18 Å². The number of amides is 1. The SMILES string of the molecule is CCN(C)C(=O)C(C)n1c(N)nc2cc(F)c(C)cc21. The van der Waals surface area contributed by atoms with Crippen LogP contribution in [-0.4, -0.2) is 34.0 Å². The van der Waals surface area contributed by atoms with Gasteiger partial charge >= 0.3 is 0 Å². The summed E-state index contributed by atoms with van der Waals surface area (Å²) in [6.45, 7) is 5.96. The zero-order valence-electron chi connectivity index (χ0n) is 12.1. The molecule has 1 aromatic heterocycles. The maximum absolute atomic E-state index is 13.6. The molecule has 1 amide bonds.